The van der Waals surface area contributed by atoms with Crippen LogP contribution in [0.4, 0.5) is 5.69 Å². The lowest BCUT2D eigenvalue weighted by Gasteiger charge is -2.13. The molecule has 2 aromatic rings. The van der Waals surface area contributed by atoms with Crippen molar-refractivity contribution in [3.05, 3.63) is 62.7 Å². The van der Waals surface area contributed by atoms with E-state index in [2.05, 4.69) is 15.9 Å². The molecule has 24 heavy (non-hydrogen) atoms. The molecule has 0 heterocycles. The van der Waals surface area contributed by atoms with Crippen LogP contribution in [0.1, 0.15) is 27.7 Å². The highest BCUT2D eigenvalue weighted by Gasteiger charge is 2.17. The summed E-state index contributed by atoms with van der Waals surface area (Å²) in [6.45, 7) is 1.88. The van der Waals surface area contributed by atoms with Gasteiger partial charge in [-0.15, -0.1) is 0 Å². The number of carbonyl (C=O) groups excluding carboxylic acids is 1. The Kier molecular flexibility index (Phi) is 5.80. The summed E-state index contributed by atoms with van der Waals surface area (Å²) in [5.41, 5.74) is 0.979. The minimum atomic E-state index is -0.544. The molecular weight excluding hydrogens is 402 g/mol. The average molecular weight is 415 g/mol. The third kappa shape index (κ3) is 4.04. The molecule has 1 unspecified atom stereocenters. The third-order valence-corrected chi connectivity index (χ3v) is 4.00. The van der Waals surface area contributed by atoms with Gasteiger partial charge in [0.2, 0.25) is 0 Å². The van der Waals surface area contributed by atoms with Gasteiger partial charge in [-0.2, -0.15) is 0 Å². The molecule has 0 aliphatic carbocycles. The van der Waals surface area contributed by atoms with E-state index in [1.807, 2.05) is 6.92 Å². The van der Waals surface area contributed by atoms with Crippen molar-refractivity contribution >= 4 is 39.2 Å². The Labute approximate surface area is 151 Å². The third-order valence-electron chi connectivity index (χ3n) is 3.21. The molecule has 0 fully saturated rings. The van der Waals surface area contributed by atoms with Crippen molar-refractivity contribution in [2.45, 2.75) is 11.8 Å². The van der Waals surface area contributed by atoms with Gasteiger partial charge in [-0.05, 0) is 30.7 Å². The molecule has 2 aromatic carbocycles. The zero-order chi connectivity index (χ0) is 17.9. The van der Waals surface area contributed by atoms with Crippen LogP contribution in [0, 0.1) is 10.1 Å². The van der Waals surface area contributed by atoms with Crippen molar-refractivity contribution in [1.29, 1.82) is 0 Å². The Hall–Kier alpha value is -2.12. The number of benzene rings is 2. The van der Waals surface area contributed by atoms with Crippen LogP contribution in [-0.2, 0) is 4.74 Å². The van der Waals surface area contributed by atoms with Gasteiger partial charge in [-0.1, -0.05) is 33.6 Å². The number of ether oxygens (including phenoxy) is 2. The lowest BCUT2D eigenvalue weighted by Crippen LogP contribution is -2.06. The normalized spacial score (nSPS) is 11.7. The highest BCUT2D eigenvalue weighted by atomic mass is 79.9. The van der Waals surface area contributed by atoms with Gasteiger partial charge in [0.05, 0.1) is 22.6 Å². The standard InChI is InChI=1S/C16H13BrClNO5/c1-9(17)12-5-4-11(8-13(12)16(20)23-2)24-15-6-3-10(19(21)22)7-14(15)18/h3-9H,1-2H3. The van der Waals surface area contributed by atoms with Crippen LogP contribution in [0.15, 0.2) is 36.4 Å². The highest BCUT2D eigenvalue weighted by molar-refractivity contribution is 9.09. The topological polar surface area (TPSA) is 78.7 Å². The van der Waals surface area contributed by atoms with Crippen molar-refractivity contribution in [1.82, 2.24) is 0 Å². The molecule has 0 saturated carbocycles. The first kappa shape index (κ1) is 18.2. The van der Waals surface area contributed by atoms with Gasteiger partial charge in [0.15, 0.2) is 0 Å². The Balaban J connectivity index is 2.37. The molecule has 6 nitrogen and oxygen atoms in total. The van der Waals surface area contributed by atoms with Crippen LogP contribution in [0.25, 0.3) is 0 Å². The van der Waals surface area contributed by atoms with Gasteiger partial charge in [0.1, 0.15) is 11.5 Å². The second-order valence-electron chi connectivity index (χ2n) is 4.83. The van der Waals surface area contributed by atoms with E-state index in [-0.39, 0.29) is 21.3 Å². The minimum Gasteiger partial charge on any atom is -0.465 e. The first-order chi connectivity index (χ1) is 11.3. The zero-order valence-electron chi connectivity index (χ0n) is 12.8. The summed E-state index contributed by atoms with van der Waals surface area (Å²) in [7, 11) is 1.30. The van der Waals surface area contributed by atoms with Gasteiger partial charge < -0.3 is 9.47 Å². The fourth-order valence-corrected chi connectivity index (χ4v) is 2.66. The lowest BCUT2D eigenvalue weighted by atomic mass is 10.0. The van der Waals surface area contributed by atoms with Gasteiger partial charge in [0, 0.05) is 17.0 Å². The van der Waals surface area contributed by atoms with Crippen molar-refractivity contribution in [3.8, 4) is 11.5 Å². The Morgan fingerprint density at radius 3 is 2.54 bits per heavy atom. The molecule has 0 aliphatic rings. The minimum absolute atomic E-state index is 0.0522. The number of hydrogen-bond donors (Lipinski definition) is 0. The van der Waals surface area contributed by atoms with Crippen LogP contribution in [0.5, 0.6) is 11.5 Å². The summed E-state index contributed by atoms with van der Waals surface area (Å²) in [5.74, 6) is 0.123. The number of methoxy groups -OCH3 is 1. The summed E-state index contributed by atoms with van der Waals surface area (Å²) in [4.78, 5) is 22.1. The molecule has 0 bridgehead atoms. The van der Waals surface area contributed by atoms with E-state index in [1.54, 1.807) is 12.1 Å². The molecule has 126 valence electrons. The number of rotatable bonds is 5. The smallest absolute Gasteiger partial charge is 0.338 e. The molecule has 0 saturated heterocycles. The molecule has 8 heteroatoms. The first-order valence-corrected chi connectivity index (χ1v) is 8.11. The van der Waals surface area contributed by atoms with E-state index in [0.29, 0.717) is 11.3 Å². The fourth-order valence-electron chi connectivity index (χ4n) is 2.05. The molecule has 0 spiro atoms. The number of carbonyl (C=O) groups is 1. The quantitative estimate of drug-likeness (QED) is 0.288. The maximum atomic E-state index is 11.9. The van der Waals surface area contributed by atoms with E-state index in [1.165, 1.54) is 31.4 Å². The van der Waals surface area contributed by atoms with Crippen molar-refractivity contribution in [2.75, 3.05) is 7.11 Å². The number of hydrogen-bond acceptors (Lipinski definition) is 5. The second-order valence-corrected chi connectivity index (χ2v) is 6.61. The fraction of sp³-hybridized carbons (Fsp3) is 0.188. The Morgan fingerprint density at radius 2 is 2.00 bits per heavy atom. The van der Waals surface area contributed by atoms with Gasteiger partial charge in [0.25, 0.3) is 5.69 Å². The monoisotopic (exact) mass is 413 g/mol. The predicted octanol–water partition coefficient (Wildman–Crippen LogP) is 5.28. The van der Waals surface area contributed by atoms with E-state index < -0.39 is 10.9 Å². The number of nitro benzene ring substituents is 1. The predicted molar refractivity (Wildman–Crippen MR) is 93.3 cm³/mol. The number of nitrogens with zero attached hydrogens (tertiary/aromatic N) is 1. The maximum absolute atomic E-state index is 11.9. The lowest BCUT2D eigenvalue weighted by molar-refractivity contribution is -0.384. The van der Waals surface area contributed by atoms with E-state index in [4.69, 9.17) is 21.1 Å². The van der Waals surface area contributed by atoms with Crippen LogP contribution in [-0.4, -0.2) is 18.0 Å². The molecule has 1 atom stereocenters. The number of esters is 1. The zero-order valence-corrected chi connectivity index (χ0v) is 15.1. The molecule has 0 N–H and O–H groups in total. The van der Waals surface area contributed by atoms with Crippen molar-refractivity contribution < 1.29 is 19.2 Å². The molecule has 0 aromatic heterocycles. The molecule has 0 amide bonds. The van der Waals surface area contributed by atoms with E-state index >= 15 is 0 Å². The molecule has 2 rings (SSSR count). The highest BCUT2D eigenvalue weighted by Crippen LogP contribution is 2.34. The number of halogens is 2. The van der Waals surface area contributed by atoms with Gasteiger partial charge in [-0.25, -0.2) is 4.79 Å². The summed E-state index contributed by atoms with van der Waals surface area (Å²) < 4.78 is 10.4. The maximum Gasteiger partial charge on any atom is 0.338 e. The summed E-state index contributed by atoms with van der Waals surface area (Å²) >= 11 is 9.43. The summed E-state index contributed by atoms with van der Waals surface area (Å²) in [5, 5.41) is 10.8. The Morgan fingerprint density at radius 1 is 1.29 bits per heavy atom. The second kappa shape index (κ2) is 7.63. The van der Waals surface area contributed by atoms with Gasteiger partial charge >= 0.3 is 5.97 Å². The SMILES string of the molecule is COC(=O)c1cc(Oc2ccc([N+](=O)[O-])cc2Cl)ccc1C(C)Br. The average Bonchev–Trinajstić information content (AvgIpc) is 2.55. The van der Waals surface area contributed by atoms with Crippen LogP contribution in [0.2, 0.25) is 5.02 Å². The first-order valence-electron chi connectivity index (χ1n) is 6.81. The van der Waals surface area contributed by atoms with Crippen molar-refractivity contribution in [2.24, 2.45) is 0 Å². The van der Waals surface area contributed by atoms with Crippen LogP contribution in [0.3, 0.4) is 0 Å². The summed E-state index contributed by atoms with van der Waals surface area (Å²) in [6.07, 6.45) is 0. The van der Waals surface area contributed by atoms with Crippen LogP contribution < -0.4 is 4.74 Å². The number of nitro groups is 1. The van der Waals surface area contributed by atoms with Crippen LogP contribution >= 0.6 is 27.5 Å². The number of alkyl halides is 1. The molecular formula is C16H13BrClNO5. The van der Waals surface area contributed by atoms with Crippen molar-refractivity contribution in [3.63, 3.8) is 0 Å². The van der Waals surface area contributed by atoms with E-state index in [9.17, 15) is 14.9 Å². The van der Waals surface area contributed by atoms with E-state index in [0.717, 1.165) is 5.56 Å². The summed E-state index contributed by atoms with van der Waals surface area (Å²) in [6, 6.07) is 8.85. The molecule has 0 aliphatic heterocycles. The Bertz CT molecular complexity index is 794. The number of non-ortho nitro benzene ring substituents is 1. The largest absolute Gasteiger partial charge is 0.465 e. The van der Waals surface area contributed by atoms with Gasteiger partial charge in [-0.3, -0.25) is 10.1 Å². The molecule has 0 radical (unpaired) electrons.